The van der Waals surface area contributed by atoms with Gasteiger partial charge in [-0.05, 0) is 52.0 Å². The maximum atomic E-state index is 4.72. The Morgan fingerprint density at radius 3 is 2.68 bits per heavy atom. The molecule has 6 heteroatoms. The van der Waals surface area contributed by atoms with Gasteiger partial charge in [0.25, 0.3) is 0 Å². The van der Waals surface area contributed by atoms with Gasteiger partial charge in [-0.1, -0.05) is 26.2 Å². The van der Waals surface area contributed by atoms with Crippen LogP contribution in [-0.4, -0.2) is 59.7 Å². The molecular formula is C22H38N6. The van der Waals surface area contributed by atoms with Crippen molar-refractivity contribution >= 4 is 5.82 Å². The zero-order chi connectivity index (χ0) is 19.5. The van der Waals surface area contributed by atoms with Gasteiger partial charge in [0.2, 0.25) is 0 Å². The minimum absolute atomic E-state index is 0.606. The average Bonchev–Trinajstić information content (AvgIpc) is 3.11. The van der Waals surface area contributed by atoms with Crippen LogP contribution >= 0.6 is 0 Å². The first kappa shape index (κ1) is 20.0. The molecule has 28 heavy (non-hydrogen) atoms. The van der Waals surface area contributed by atoms with E-state index in [1.54, 1.807) is 0 Å². The van der Waals surface area contributed by atoms with Gasteiger partial charge in [0.15, 0.2) is 0 Å². The summed E-state index contributed by atoms with van der Waals surface area (Å²) in [6.45, 7) is 7.58. The minimum Gasteiger partial charge on any atom is -0.356 e. The van der Waals surface area contributed by atoms with Crippen LogP contribution in [-0.2, 0) is 6.42 Å². The summed E-state index contributed by atoms with van der Waals surface area (Å²) in [5, 5.41) is 0. The normalized spacial score (nSPS) is 28.7. The van der Waals surface area contributed by atoms with Crippen molar-refractivity contribution in [1.82, 2.24) is 25.7 Å². The number of hydrogen-bond acceptors (Lipinski definition) is 6. The smallest absolute Gasteiger partial charge is 0.132 e. The SMILES string of the molecule is CCCc1cc(N2CCC(N(C)CC3NNC4CCCCC43)CC2)nc(C)n1. The van der Waals surface area contributed by atoms with Gasteiger partial charge in [0.1, 0.15) is 11.6 Å². The van der Waals surface area contributed by atoms with Gasteiger partial charge in [0, 0.05) is 49.5 Å². The van der Waals surface area contributed by atoms with E-state index in [4.69, 9.17) is 4.98 Å². The fraction of sp³-hybridized carbons (Fsp3) is 0.818. The van der Waals surface area contributed by atoms with Crippen LogP contribution in [0.2, 0.25) is 0 Å². The van der Waals surface area contributed by atoms with Crippen molar-refractivity contribution in [2.24, 2.45) is 5.92 Å². The Balaban J connectivity index is 1.30. The molecule has 1 aromatic heterocycles. The Kier molecular flexibility index (Phi) is 6.48. The molecule has 3 atom stereocenters. The highest BCUT2D eigenvalue weighted by Crippen LogP contribution is 2.31. The van der Waals surface area contributed by atoms with Gasteiger partial charge < -0.3 is 9.80 Å². The number of fused-ring (bicyclic) bond motifs is 1. The third kappa shape index (κ3) is 4.50. The van der Waals surface area contributed by atoms with E-state index in [-0.39, 0.29) is 0 Å². The highest BCUT2D eigenvalue weighted by atomic mass is 15.4. The van der Waals surface area contributed by atoms with Gasteiger partial charge in [-0.15, -0.1) is 0 Å². The van der Waals surface area contributed by atoms with Crippen molar-refractivity contribution in [1.29, 1.82) is 0 Å². The Morgan fingerprint density at radius 2 is 1.89 bits per heavy atom. The summed E-state index contributed by atoms with van der Waals surface area (Å²) >= 11 is 0. The quantitative estimate of drug-likeness (QED) is 0.784. The first-order valence-corrected chi connectivity index (χ1v) is 11.4. The molecule has 2 aliphatic heterocycles. The largest absolute Gasteiger partial charge is 0.356 e. The molecule has 1 aromatic rings. The monoisotopic (exact) mass is 386 g/mol. The lowest BCUT2D eigenvalue weighted by molar-refractivity contribution is 0.171. The van der Waals surface area contributed by atoms with Gasteiger partial charge in [-0.3, -0.25) is 10.9 Å². The van der Waals surface area contributed by atoms with E-state index in [9.17, 15) is 0 Å². The van der Waals surface area contributed by atoms with Gasteiger partial charge >= 0.3 is 0 Å². The molecule has 4 rings (SSSR count). The molecular weight excluding hydrogens is 348 g/mol. The molecule has 156 valence electrons. The van der Waals surface area contributed by atoms with E-state index < -0.39 is 0 Å². The van der Waals surface area contributed by atoms with E-state index in [1.807, 2.05) is 6.92 Å². The Labute approximate surface area is 170 Å². The van der Waals surface area contributed by atoms with Crippen molar-refractivity contribution in [2.45, 2.75) is 83.3 Å². The molecule has 1 saturated carbocycles. The zero-order valence-corrected chi connectivity index (χ0v) is 18.0. The fourth-order valence-corrected chi connectivity index (χ4v) is 5.48. The summed E-state index contributed by atoms with van der Waals surface area (Å²) in [6, 6.07) is 4.19. The molecule has 3 aliphatic rings. The Bertz CT molecular complexity index is 642. The second-order valence-electron chi connectivity index (χ2n) is 9.12. The van der Waals surface area contributed by atoms with E-state index in [2.05, 4.69) is 45.7 Å². The predicted octanol–water partition coefficient (Wildman–Crippen LogP) is 2.67. The summed E-state index contributed by atoms with van der Waals surface area (Å²) in [6.07, 6.45) is 10.1. The number of hydrogen-bond donors (Lipinski definition) is 2. The Morgan fingerprint density at radius 1 is 1.11 bits per heavy atom. The molecule has 0 aromatic carbocycles. The van der Waals surface area contributed by atoms with Crippen LogP contribution in [0.1, 0.15) is 63.4 Å². The average molecular weight is 387 g/mol. The number of nitrogens with zero attached hydrogens (tertiary/aromatic N) is 4. The maximum Gasteiger partial charge on any atom is 0.132 e. The summed E-state index contributed by atoms with van der Waals surface area (Å²) in [4.78, 5) is 14.4. The second kappa shape index (κ2) is 9.06. The van der Waals surface area contributed by atoms with Crippen molar-refractivity contribution in [3.63, 3.8) is 0 Å². The Hall–Kier alpha value is -1.24. The van der Waals surface area contributed by atoms with Crippen LogP contribution in [0.4, 0.5) is 5.82 Å². The number of aromatic nitrogens is 2. The third-order valence-electron chi connectivity index (χ3n) is 7.07. The first-order valence-electron chi connectivity index (χ1n) is 11.4. The summed E-state index contributed by atoms with van der Waals surface area (Å²) < 4.78 is 0. The van der Waals surface area contributed by atoms with Crippen LogP contribution in [0.15, 0.2) is 6.07 Å². The number of likely N-dealkylation sites (N-methyl/N-ethyl adjacent to an activating group) is 1. The topological polar surface area (TPSA) is 56.3 Å². The molecule has 3 heterocycles. The molecule has 0 spiro atoms. The van der Waals surface area contributed by atoms with Crippen molar-refractivity contribution in [3.05, 3.63) is 17.6 Å². The van der Waals surface area contributed by atoms with Crippen LogP contribution in [0.25, 0.3) is 0 Å². The van der Waals surface area contributed by atoms with Crippen molar-refractivity contribution in [2.75, 3.05) is 31.6 Å². The molecule has 1 aliphatic carbocycles. The van der Waals surface area contributed by atoms with Crippen molar-refractivity contribution in [3.8, 4) is 0 Å². The number of rotatable bonds is 6. The first-order chi connectivity index (χ1) is 13.6. The second-order valence-corrected chi connectivity index (χ2v) is 9.12. The molecule has 3 fully saturated rings. The van der Waals surface area contributed by atoms with E-state index in [0.29, 0.717) is 18.1 Å². The van der Waals surface area contributed by atoms with Crippen molar-refractivity contribution < 1.29 is 0 Å². The minimum atomic E-state index is 0.606. The number of piperidine rings is 1. The van der Waals surface area contributed by atoms with Crippen LogP contribution in [0, 0.1) is 12.8 Å². The number of nitrogens with one attached hydrogen (secondary N) is 2. The highest BCUT2D eigenvalue weighted by molar-refractivity contribution is 5.40. The molecule has 6 nitrogen and oxygen atoms in total. The summed E-state index contributed by atoms with van der Waals surface area (Å²) in [5.41, 5.74) is 8.36. The molecule has 0 amide bonds. The van der Waals surface area contributed by atoms with Gasteiger partial charge in [0.05, 0.1) is 0 Å². The van der Waals surface area contributed by atoms with Gasteiger partial charge in [-0.2, -0.15) is 0 Å². The molecule has 2 N–H and O–H groups in total. The maximum absolute atomic E-state index is 4.72. The zero-order valence-electron chi connectivity index (χ0n) is 18.0. The predicted molar refractivity (Wildman–Crippen MR) is 114 cm³/mol. The van der Waals surface area contributed by atoms with Gasteiger partial charge in [-0.25, -0.2) is 9.97 Å². The summed E-state index contributed by atoms with van der Waals surface area (Å²) in [7, 11) is 2.33. The fourth-order valence-electron chi connectivity index (χ4n) is 5.48. The lowest BCUT2D eigenvalue weighted by Gasteiger charge is -2.39. The highest BCUT2D eigenvalue weighted by Gasteiger charge is 2.38. The van der Waals surface area contributed by atoms with Crippen LogP contribution < -0.4 is 15.8 Å². The molecule has 2 saturated heterocycles. The number of hydrazine groups is 1. The standard InChI is InChI=1S/C22H38N6/c1-4-7-17-14-22(24-16(2)23-17)28-12-10-18(11-13-28)27(3)15-21-19-8-5-6-9-20(19)25-26-21/h14,18-21,25-26H,4-13,15H2,1-3H3. The van der Waals surface area contributed by atoms with E-state index in [0.717, 1.165) is 50.0 Å². The van der Waals surface area contributed by atoms with E-state index >= 15 is 0 Å². The number of aryl methyl sites for hydroxylation is 2. The molecule has 0 bridgehead atoms. The lowest BCUT2D eigenvalue weighted by Crippen LogP contribution is -2.49. The summed E-state index contributed by atoms with van der Waals surface area (Å²) in [5.74, 6) is 2.85. The molecule has 0 radical (unpaired) electrons. The third-order valence-corrected chi connectivity index (χ3v) is 7.07. The van der Waals surface area contributed by atoms with Crippen LogP contribution in [0.3, 0.4) is 0 Å². The molecule has 3 unspecified atom stereocenters. The number of anilines is 1. The lowest BCUT2D eigenvalue weighted by atomic mass is 9.81. The van der Waals surface area contributed by atoms with Crippen LogP contribution in [0.5, 0.6) is 0 Å². The van der Waals surface area contributed by atoms with E-state index in [1.165, 1.54) is 44.2 Å².